The van der Waals surface area contributed by atoms with Crippen LogP contribution in [0, 0.1) is 13.8 Å². The summed E-state index contributed by atoms with van der Waals surface area (Å²) in [7, 11) is 1.68. The van der Waals surface area contributed by atoms with Crippen LogP contribution in [0.5, 0.6) is 5.75 Å². The smallest absolute Gasteiger partial charge is 0.239 e. The summed E-state index contributed by atoms with van der Waals surface area (Å²) >= 11 is 0. The van der Waals surface area contributed by atoms with Crippen molar-refractivity contribution in [3.05, 3.63) is 28.8 Å². The second kappa shape index (κ2) is 6.06. The summed E-state index contributed by atoms with van der Waals surface area (Å²) in [4.78, 5) is 11.6. The Hall–Kier alpha value is -1.55. The van der Waals surface area contributed by atoms with E-state index in [2.05, 4.69) is 17.4 Å². The maximum atomic E-state index is 11.6. The fourth-order valence-electron chi connectivity index (χ4n) is 2.05. The lowest BCUT2D eigenvalue weighted by Gasteiger charge is -2.18. The van der Waals surface area contributed by atoms with E-state index in [-0.39, 0.29) is 5.91 Å². The molecule has 1 rings (SSSR count). The first-order valence-electron chi connectivity index (χ1n) is 6.47. The van der Waals surface area contributed by atoms with Gasteiger partial charge in [-0.3, -0.25) is 4.79 Å². The van der Waals surface area contributed by atoms with E-state index in [1.54, 1.807) is 21.0 Å². The van der Waals surface area contributed by atoms with Crippen LogP contribution in [-0.4, -0.2) is 25.1 Å². The maximum absolute atomic E-state index is 11.6. The van der Waals surface area contributed by atoms with Crippen LogP contribution in [0.2, 0.25) is 0 Å². The van der Waals surface area contributed by atoms with Gasteiger partial charge in [-0.2, -0.15) is 0 Å². The van der Waals surface area contributed by atoms with Crippen molar-refractivity contribution in [1.82, 2.24) is 5.32 Å². The predicted octanol–water partition coefficient (Wildman–Crippen LogP) is 1.71. The molecule has 1 aromatic rings. The van der Waals surface area contributed by atoms with Gasteiger partial charge in [0.1, 0.15) is 5.75 Å². The molecule has 0 aliphatic carbocycles. The number of hydrogen-bond acceptors (Lipinski definition) is 3. The molecule has 0 aromatic heterocycles. The monoisotopic (exact) mass is 264 g/mol. The van der Waals surface area contributed by atoms with Crippen LogP contribution in [0.4, 0.5) is 0 Å². The predicted molar refractivity (Wildman–Crippen MR) is 77.4 cm³/mol. The quantitative estimate of drug-likeness (QED) is 0.851. The average molecular weight is 264 g/mol. The molecule has 4 heteroatoms. The highest BCUT2D eigenvalue weighted by Crippen LogP contribution is 2.24. The zero-order valence-corrected chi connectivity index (χ0v) is 12.5. The highest BCUT2D eigenvalue weighted by molar-refractivity contribution is 5.84. The summed E-state index contributed by atoms with van der Waals surface area (Å²) in [5.41, 5.74) is 8.30. The Balaban J connectivity index is 2.62. The second-order valence-corrected chi connectivity index (χ2v) is 5.49. The Morgan fingerprint density at radius 3 is 2.26 bits per heavy atom. The molecule has 0 heterocycles. The molecule has 106 valence electrons. The number of aryl methyl sites for hydroxylation is 2. The fraction of sp³-hybridized carbons (Fsp3) is 0.533. The first kappa shape index (κ1) is 15.5. The third-order valence-corrected chi connectivity index (χ3v) is 3.01. The number of amides is 1. The molecular weight excluding hydrogens is 240 g/mol. The number of carbonyl (C=O) groups is 1. The fourth-order valence-corrected chi connectivity index (χ4v) is 2.05. The lowest BCUT2D eigenvalue weighted by Crippen LogP contribution is -2.49. The van der Waals surface area contributed by atoms with Gasteiger partial charge < -0.3 is 15.8 Å². The van der Waals surface area contributed by atoms with Gasteiger partial charge in [-0.25, -0.2) is 0 Å². The van der Waals surface area contributed by atoms with Gasteiger partial charge in [0.25, 0.3) is 0 Å². The highest BCUT2D eigenvalue weighted by Gasteiger charge is 2.20. The molecule has 0 radical (unpaired) electrons. The summed E-state index contributed by atoms with van der Waals surface area (Å²) in [6.45, 7) is 8.03. The summed E-state index contributed by atoms with van der Waals surface area (Å²) < 4.78 is 5.33. The summed E-state index contributed by atoms with van der Waals surface area (Å²) in [6, 6.07) is 4.18. The molecule has 1 aromatic carbocycles. The lowest BCUT2D eigenvalue weighted by molar-refractivity contribution is -0.125. The van der Waals surface area contributed by atoms with Gasteiger partial charge in [0.15, 0.2) is 0 Å². The third kappa shape index (κ3) is 4.24. The number of carbonyl (C=O) groups excluding carboxylic acids is 1. The van der Waals surface area contributed by atoms with E-state index in [4.69, 9.17) is 10.5 Å². The van der Waals surface area contributed by atoms with Crippen molar-refractivity contribution >= 4 is 5.91 Å². The van der Waals surface area contributed by atoms with Crippen molar-refractivity contribution in [2.45, 2.75) is 39.7 Å². The number of nitrogens with one attached hydrogen (secondary N) is 1. The molecule has 0 spiro atoms. The molecular formula is C15H24N2O2. The summed E-state index contributed by atoms with van der Waals surface area (Å²) in [5, 5.41) is 2.84. The van der Waals surface area contributed by atoms with Crippen molar-refractivity contribution in [3.8, 4) is 5.75 Å². The van der Waals surface area contributed by atoms with Crippen LogP contribution in [0.15, 0.2) is 12.1 Å². The van der Waals surface area contributed by atoms with Gasteiger partial charge in [0.05, 0.1) is 12.6 Å². The van der Waals surface area contributed by atoms with E-state index in [0.717, 1.165) is 23.3 Å². The summed E-state index contributed by atoms with van der Waals surface area (Å²) in [5.74, 6) is 0.797. The Labute approximate surface area is 115 Å². The van der Waals surface area contributed by atoms with E-state index in [1.807, 2.05) is 13.8 Å². The zero-order valence-electron chi connectivity index (χ0n) is 12.5. The molecule has 0 aliphatic heterocycles. The molecule has 0 atom stereocenters. The van der Waals surface area contributed by atoms with Crippen molar-refractivity contribution in [2.75, 3.05) is 13.7 Å². The number of benzene rings is 1. The number of nitrogens with two attached hydrogens (primary N) is 1. The van der Waals surface area contributed by atoms with Crippen molar-refractivity contribution in [2.24, 2.45) is 5.73 Å². The largest absolute Gasteiger partial charge is 0.496 e. The van der Waals surface area contributed by atoms with Crippen molar-refractivity contribution in [1.29, 1.82) is 0 Å². The normalized spacial score (nSPS) is 11.3. The zero-order chi connectivity index (χ0) is 14.6. The van der Waals surface area contributed by atoms with Crippen LogP contribution < -0.4 is 15.8 Å². The van der Waals surface area contributed by atoms with Crippen molar-refractivity contribution < 1.29 is 9.53 Å². The van der Waals surface area contributed by atoms with Crippen LogP contribution in [-0.2, 0) is 11.2 Å². The molecule has 0 saturated heterocycles. The van der Waals surface area contributed by atoms with Gasteiger partial charge in [-0.15, -0.1) is 0 Å². The lowest BCUT2D eigenvalue weighted by atomic mass is 10.0. The number of ether oxygens (including phenoxy) is 1. The van der Waals surface area contributed by atoms with E-state index in [1.165, 1.54) is 5.56 Å². The van der Waals surface area contributed by atoms with Gasteiger partial charge in [-0.1, -0.05) is 12.1 Å². The van der Waals surface area contributed by atoms with Gasteiger partial charge in [-0.05, 0) is 50.8 Å². The molecule has 0 saturated carbocycles. The third-order valence-electron chi connectivity index (χ3n) is 3.01. The molecule has 0 bridgehead atoms. The van der Waals surface area contributed by atoms with E-state index in [9.17, 15) is 4.79 Å². The minimum Gasteiger partial charge on any atom is -0.496 e. The minimum atomic E-state index is -0.828. The van der Waals surface area contributed by atoms with E-state index >= 15 is 0 Å². The molecule has 0 fully saturated rings. The Kier molecular flexibility index (Phi) is 4.95. The van der Waals surface area contributed by atoms with Gasteiger partial charge in [0, 0.05) is 6.54 Å². The van der Waals surface area contributed by atoms with Crippen LogP contribution in [0.25, 0.3) is 0 Å². The Morgan fingerprint density at radius 1 is 1.32 bits per heavy atom. The Morgan fingerprint density at radius 2 is 1.84 bits per heavy atom. The molecule has 0 aliphatic rings. The molecule has 3 N–H and O–H groups in total. The standard InChI is InChI=1S/C15H24N2O2/c1-10-8-12(9-11(2)13(10)19-5)6-7-17-14(18)15(3,4)16/h8-9H,6-7,16H2,1-5H3,(H,17,18). The Bertz CT molecular complexity index is 439. The van der Waals surface area contributed by atoms with Crippen LogP contribution in [0.3, 0.4) is 0 Å². The molecule has 0 unspecified atom stereocenters. The van der Waals surface area contributed by atoms with Gasteiger partial charge >= 0.3 is 0 Å². The summed E-state index contributed by atoms with van der Waals surface area (Å²) in [6.07, 6.45) is 0.785. The molecule has 19 heavy (non-hydrogen) atoms. The molecule has 4 nitrogen and oxygen atoms in total. The first-order chi connectivity index (χ1) is 8.75. The molecule has 1 amide bonds. The van der Waals surface area contributed by atoms with Crippen molar-refractivity contribution in [3.63, 3.8) is 0 Å². The van der Waals surface area contributed by atoms with Gasteiger partial charge in [0.2, 0.25) is 5.91 Å². The maximum Gasteiger partial charge on any atom is 0.239 e. The SMILES string of the molecule is COc1c(C)cc(CCNC(=O)C(C)(C)N)cc1C. The number of rotatable bonds is 5. The second-order valence-electron chi connectivity index (χ2n) is 5.49. The van der Waals surface area contributed by atoms with E-state index in [0.29, 0.717) is 6.54 Å². The van der Waals surface area contributed by atoms with Crippen LogP contribution in [0.1, 0.15) is 30.5 Å². The van der Waals surface area contributed by atoms with E-state index < -0.39 is 5.54 Å². The first-order valence-corrected chi connectivity index (χ1v) is 6.47. The minimum absolute atomic E-state index is 0.130. The average Bonchev–Trinajstić information content (AvgIpc) is 2.27. The topological polar surface area (TPSA) is 64.3 Å². The number of methoxy groups -OCH3 is 1. The number of hydrogen-bond donors (Lipinski definition) is 2. The van der Waals surface area contributed by atoms with Crippen LogP contribution >= 0.6 is 0 Å². The highest BCUT2D eigenvalue weighted by atomic mass is 16.5.